The maximum absolute atomic E-state index is 11.7. The lowest BCUT2D eigenvalue weighted by molar-refractivity contribution is 0.0933. The van der Waals surface area contributed by atoms with Gasteiger partial charge in [0.25, 0.3) is 5.91 Å². The average Bonchev–Trinajstić information content (AvgIpc) is 2.18. The van der Waals surface area contributed by atoms with Crippen molar-refractivity contribution in [3.63, 3.8) is 0 Å². The summed E-state index contributed by atoms with van der Waals surface area (Å²) < 4.78 is 0. The fourth-order valence-corrected chi connectivity index (χ4v) is 1.37. The van der Waals surface area contributed by atoms with Crippen molar-refractivity contribution in [2.24, 2.45) is 0 Å². The Labute approximate surface area is 89.9 Å². The molecule has 0 saturated heterocycles. The molecule has 1 rings (SSSR count). The second-order valence-electron chi connectivity index (χ2n) is 3.64. The Hall–Kier alpha value is -1.58. The molecule has 15 heavy (non-hydrogen) atoms. The second-order valence-corrected chi connectivity index (χ2v) is 3.64. The first-order valence-corrected chi connectivity index (χ1v) is 5.16. The molecular formula is C11H17N3O. The standard InChI is InChI=1S/C11H17N3O/c1-3-4-8(2)14-11(15)10-7-9(12)5-6-13-10/h5-8H,3-4H2,1-2H3,(H2,12,13)(H,14,15). The average molecular weight is 207 g/mol. The van der Waals surface area contributed by atoms with Crippen LogP contribution < -0.4 is 11.1 Å². The highest BCUT2D eigenvalue weighted by molar-refractivity contribution is 5.93. The molecule has 4 nitrogen and oxygen atoms in total. The number of nitrogens with zero attached hydrogens (tertiary/aromatic N) is 1. The van der Waals surface area contributed by atoms with Crippen LogP contribution >= 0.6 is 0 Å². The van der Waals surface area contributed by atoms with E-state index in [-0.39, 0.29) is 11.9 Å². The Morgan fingerprint density at radius 3 is 3.00 bits per heavy atom. The third-order valence-electron chi connectivity index (χ3n) is 2.12. The molecule has 1 aromatic heterocycles. The highest BCUT2D eigenvalue weighted by Gasteiger charge is 2.10. The van der Waals surface area contributed by atoms with Crippen LogP contribution in [0.4, 0.5) is 5.69 Å². The van der Waals surface area contributed by atoms with Crippen LogP contribution in [-0.2, 0) is 0 Å². The van der Waals surface area contributed by atoms with Crippen molar-refractivity contribution in [1.29, 1.82) is 0 Å². The van der Waals surface area contributed by atoms with Crippen molar-refractivity contribution < 1.29 is 4.79 Å². The molecule has 0 aliphatic carbocycles. The van der Waals surface area contributed by atoms with E-state index in [1.807, 2.05) is 6.92 Å². The Bertz CT molecular complexity index is 338. The van der Waals surface area contributed by atoms with Gasteiger partial charge in [0.15, 0.2) is 0 Å². The van der Waals surface area contributed by atoms with Crippen molar-refractivity contribution in [3.05, 3.63) is 24.0 Å². The molecule has 1 amide bonds. The molecular weight excluding hydrogens is 190 g/mol. The topological polar surface area (TPSA) is 68.0 Å². The summed E-state index contributed by atoms with van der Waals surface area (Å²) in [6, 6.07) is 3.41. The van der Waals surface area contributed by atoms with Gasteiger partial charge in [0, 0.05) is 17.9 Å². The zero-order valence-corrected chi connectivity index (χ0v) is 9.16. The van der Waals surface area contributed by atoms with Gasteiger partial charge in [-0.25, -0.2) is 0 Å². The molecule has 82 valence electrons. The van der Waals surface area contributed by atoms with Crippen molar-refractivity contribution in [3.8, 4) is 0 Å². The van der Waals surface area contributed by atoms with Gasteiger partial charge in [-0.2, -0.15) is 0 Å². The van der Waals surface area contributed by atoms with Crippen LogP contribution in [0.2, 0.25) is 0 Å². The number of carbonyl (C=O) groups excluding carboxylic acids is 1. The van der Waals surface area contributed by atoms with Crippen LogP contribution in [0, 0.1) is 0 Å². The first kappa shape index (κ1) is 11.5. The van der Waals surface area contributed by atoms with Gasteiger partial charge in [0.05, 0.1) is 0 Å². The number of anilines is 1. The molecule has 0 aromatic carbocycles. The lowest BCUT2D eigenvalue weighted by atomic mass is 10.2. The summed E-state index contributed by atoms with van der Waals surface area (Å²) in [7, 11) is 0. The summed E-state index contributed by atoms with van der Waals surface area (Å²) >= 11 is 0. The minimum absolute atomic E-state index is 0.164. The van der Waals surface area contributed by atoms with Crippen LogP contribution in [0.15, 0.2) is 18.3 Å². The molecule has 0 aliphatic heterocycles. The van der Waals surface area contributed by atoms with Crippen LogP contribution in [0.25, 0.3) is 0 Å². The van der Waals surface area contributed by atoms with E-state index in [1.165, 1.54) is 6.20 Å². The van der Waals surface area contributed by atoms with E-state index in [0.717, 1.165) is 12.8 Å². The van der Waals surface area contributed by atoms with E-state index in [1.54, 1.807) is 12.1 Å². The van der Waals surface area contributed by atoms with Crippen molar-refractivity contribution in [2.45, 2.75) is 32.7 Å². The number of aromatic nitrogens is 1. The number of nitrogens with one attached hydrogen (secondary N) is 1. The Morgan fingerprint density at radius 2 is 2.40 bits per heavy atom. The molecule has 1 aromatic rings. The maximum atomic E-state index is 11.7. The molecule has 1 heterocycles. The number of nitrogens with two attached hydrogens (primary N) is 1. The zero-order valence-electron chi connectivity index (χ0n) is 9.16. The van der Waals surface area contributed by atoms with Gasteiger partial charge in [-0.1, -0.05) is 13.3 Å². The highest BCUT2D eigenvalue weighted by atomic mass is 16.1. The molecule has 1 atom stereocenters. The minimum Gasteiger partial charge on any atom is -0.399 e. The highest BCUT2D eigenvalue weighted by Crippen LogP contribution is 2.04. The number of rotatable bonds is 4. The largest absolute Gasteiger partial charge is 0.399 e. The molecule has 0 spiro atoms. The van der Waals surface area contributed by atoms with E-state index in [0.29, 0.717) is 11.4 Å². The molecule has 1 unspecified atom stereocenters. The third-order valence-corrected chi connectivity index (χ3v) is 2.12. The molecule has 0 fully saturated rings. The molecule has 0 radical (unpaired) electrons. The number of nitrogen functional groups attached to an aromatic ring is 1. The Balaban J connectivity index is 2.61. The van der Waals surface area contributed by atoms with E-state index in [9.17, 15) is 4.79 Å². The lowest BCUT2D eigenvalue weighted by Gasteiger charge is -2.12. The third kappa shape index (κ3) is 3.58. The second kappa shape index (κ2) is 5.34. The molecule has 0 bridgehead atoms. The van der Waals surface area contributed by atoms with E-state index in [4.69, 9.17) is 5.73 Å². The summed E-state index contributed by atoms with van der Waals surface area (Å²) in [6.07, 6.45) is 3.55. The smallest absolute Gasteiger partial charge is 0.270 e. The van der Waals surface area contributed by atoms with Crippen LogP contribution in [0.3, 0.4) is 0 Å². The Morgan fingerprint density at radius 1 is 1.67 bits per heavy atom. The van der Waals surface area contributed by atoms with Crippen molar-refractivity contribution >= 4 is 11.6 Å². The first-order valence-electron chi connectivity index (χ1n) is 5.16. The van der Waals surface area contributed by atoms with Gasteiger partial charge >= 0.3 is 0 Å². The quantitative estimate of drug-likeness (QED) is 0.787. The summed E-state index contributed by atoms with van der Waals surface area (Å²) in [5, 5.41) is 2.87. The van der Waals surface area contributed by atoms with E-state index in [2.05, 4.69) is 17.2 Å². The van der Waals surface area contributed by atoms with E-state index < -0.39 is 0 Å². The fraction of sp³-hybridized carbons (Fsp3) is 0.455. The molecule has 0 aliphatic rings. The predicted octanol–water partition coefficient (Wildman–Crippen LogP) is 1.58. The lowest BCUT2D eigenvalue weighted by Crippen LogP contribution is -2.32. The first-order chi connectivity index (χ1) is 7.13. The van der Waals surface area contributed by atoms with Crippen LogP contribution in [0.5, 0.6) is 0 Å². The molecule has 4 heteroatoms. The molecule has 3 N–H and O–H groups in total. The van der Waals surface area contributed by atoms with Gasteiger partial charge < -0.3 is 11.1 Å². The summed E-state index contributed by atoms with van der Waals surface area (Å²) in [6.45, 7) is 4.06. The van der Waals surface area contributed by atoms with E-state index >= 15 is 0 Å². The summed E-state index contributed by atoms with van der Waals surface area (Å²) in [5.74, 6) is -0.164. The SMILES string of the molecule is CCCC(C)NC(=O)c1cc(N)ccn1. The zero-order chi connectivity index (χ0) is 11.3. The minimum atomic E-state index is -0.164. The van der Waals surface area contributed by atoms with Crippen molar-refractivity contribution in [1.82, 2.24) is 10.3 Å². The van der Waals surface area contributed by atoms with Gasteiger partial charge in [-0.15, -0.1) is 0 Å². The summed E-state index contributed by atoms with van der Waals surface area (Å²) in [5.41, 5.74) is 6.49. The number of hydrogen-bond acceptors (Lipinski definition) is 3. The fourth-order valence-electron chi connectivity index (χ4n) is 1.37. The normalized spacial score (nSPS) is 12.1. The summed E-state index contributed by atoms with van der Waals surface area (Å²) in [4.78, 5) is 15.6. The monoisotopic (exact) mass is 207 g/mol. The van der Waals surface area contributed by atoms with Gasteiger partial charge in [-0.3, -0.25) is 9.78 Å². The Kier molecular flexibility index (Phi) is 4.09. The van der Waals surface area contributed by atoms with Gasteiger partial charge in [0.2, 0.25) is 0 Å². The van der Waals surface area contributed by atoms with Crippen LogP contribution in [0.1, 0.15) is 37.2 Å². The van der Waals surface area contributed by atoms with Crippen molar-refractivity contribution in [2.75, 3.05) is 5.73 Å². The maximum Gasteiger partial charge on any atom is 0.270 e. The predicted molar refractivity (Wildman–Crippen MR) is 60.5 cm³/mol. The number of carbonyl (C=O) groups is 1. The van der Waals surface area contributed by atoms with Gasteiger partial charge in [-0.05, 0) is 25.5 Å². The van der Waals surface area contributed by atoms with Crippen LogP contribution in [-0.4, -0.2) is 16.9 Å². The van der Waals surface area contributed by atoms with Gasteiger partial charge in [0.1, 0.15) is 5.69 Å². The molecule has 0 saturated carbocycles. The number of pyridine rings is 1. The number of hydrogen-bond donors (Lipinski definition) is 2. The number of amides is 1.